The lowest BCUT2D eigenvalue weighted by molar-refractivity contribution is -0.157. The minimum Gasteiger partial charge on any atom is -0.356 e. The van der Waals surface area contributed by atoms with E-state index in [9.17, 15) is 37.1 Å². The molecule has 0 spiro atoms. The van der Waals surface area contributed by atoms with Gasteiger partial charge in [-0.25, -0.2) is 0 Å². The first-order chi connectivity index (χ1) is 18.6. The van der Waals surface area contributed by atoms with Crippen LogP contribution in [0.15, 0.2) is 30.3 Å². The lowest BCUT2D eigenvalue weighted by atomic mass is 9.87. The Morgan fingerprint density at radius 2 is 1.62 bits per heavy atom. The van der Waals surface area contributed by atoms with Gasteiger partial charge in [-0.15, -0.1) is 0 Å². The Labute approximate surface area is 231 Å². The fourth-order valence-electron chi connectivity index (χ4n) is 4.67. The third kappa shape index (κ3) is 9.34. The predicted molar refractivity (Wildman–Crippen MR) is 140 cm³/mol. The monoisotopic (exact) mass is 566 g/mol. The molecule has 4 amide bonds. The van der Waals surface area contributed by atoms with Crippen molar-refractivity contribution < 1.29 is 37.1 Å². The Kier molecular flexibility index (Phi) is 9.96. The molecule has 40 heavy (non-hydrogen) atoms. The number of rotatable bonds is 12. The van der Waals surface area contributed by atoms with E-state index in [2.05, 4.69) is 21.3 Å². The summed E-state index contributed by atoms with van der Waals surface area (Å²) < 4.78 is 41.5. The largest absolute Gasteiger partial charge is 0.396 e. The van der Waals surface area contributed by atoms with Crippen molar-refractivity contribution in [3.05, 3.63) is 35.9 Å². The highest BCUT2D eigenvalue weighted by Crippen LogP contribution is 2.37. The number of carbonyl (C=O) groups is 5. The number of Topliss-reactive ketones (excluding diaryl/α,β-unsaturated/α-hetero) is 1. The maximum atomic E-state index is 13.8. The van der Waals surface area contributed by atoms with Crippen LogP contribution in [0.1, 0.15) is 70.8 Å². The highest BCUT2D eigenvalue weighted by molar-refractivity contribution is 6.38. The van der Waals surface area contributed by atoms with Gasteiger partial charge in [-0.05, 0) is 43.1 Å². The van der Waals surface area contributed by atoms with E-state index in [0.717, 1.165) is 12.8 Å². The number of amides is 4. The van der Waals surface area contributed by atoms with E-state index in [-0.39, 0.29) is 30.4 Å². The van der Waals surface area contributed by atoms with Gasteiger partial charge in [0.25, 0.3) is 5.91 Å². The second-order valence-corrected chi connectivity index (χ2v) is 11.8. The van der Waals surface area contributed by atoms with E-state index in [1.165, 1.54) is 24.3 Å². The number of nitrogens with one attached hydrogen (secondary N) is 4. The van der Waals surface area contributed by atoms with Crippen molar-refractivity contribution in [2.45, 2.75) is 89.5 Å². The number of hydrogen-bond donors (Lipinski definition) is 4. The maximum Gasteiger partial charge on any atom is 0.396 e. The molecule has 1 heterocycles. The van der Waals surface area contributed by atoms with E-state index in [1.54, 1.807) is 26.8 Å². The first kappa shape index (κ1) is 31.1. The van der Waals surface area contributed by atoms with Gasteiger partial charge in [0.05, 0.1) is 12.0 Å². The number of halogens is 3. The Bertz CT molecular complexity index is 1100. The van der Waals surface area contributed by atoms with Gasteiger partial charge in [0.1, 0.15) is 6.04 Å². The summed E-state index contributed by atoms with van der Waals surface area (Å²) in [6.07, 6.45) is -3.81. The summed E-state index contributed by atoms with van der Waals surface area (Å²) >= 11 is 0. The highest BCUT2D eigenvalue weighted by Gasteiger charge is 2.43. The summed E-state index contributed by atoms with van der Waals surface area (Å²) in [7, 11) is 0. The van der Waals surface area contributed by atoms with Crippen LogP contribution in [0.4, 0.5) is 13.2 Å². The topological polar surface area (TPSA) is 133 Å². The number of hydrogen-bond acceptors (Lipinski definition) is 5. The molecular formula is C28H37F3N4O5. The molecule has 1 aromatic rings. The van der Waals surface area contributed by atoms with Crippen molar-refractivity contribution >= 4 is 29.4 Å². The van der Waals surface area contributed by atoms with Gasteiger partial charge in [-0.2, -0.15) is 13.2 Å². The molecule has 0 aromatic heterocycles. The summed E-state index contributed by atoms with van der Waals surface area (Å²) in [5.74, 6) is -6.57. The minimum absolute atomic E-state index is 0.0473. The van der Waals surface area contributed by atoms with Crippen LogP contribution in [0, 0.1) is 11.3 Å². The summed E-state index contributed by atoms with van der Waals surface area (Å²) in [6, 6.07) is 4.30. The van der Waals surface area contributed by atoms with Crippen LogP contribution in [0.5, 0.6) is 0 Å². The molecule has 3 rings (SSSR count). The lowest BCUT2D eigenvalue weighted by Gasteiger charge is -2.29. The Hall–Kier alpha value is -3.44. The first-order valence-corrected chi connectivity index (χ1v) is 13.5. The van der Waals surface area contributed by atoms with Crippen LogP contribution >= 0.6 is 0 Å². The quantitative estimate of drug-likeness (QED) is 0.289. The summed E-state index contributed by atoms with van der Waals surface area (Å²) in [4.78, 5) is 64.0. The molecule has 2 fully saturated rings. The lowest BCUT2D eigenvalue weighted by Crippen LogP contribution is -2.55. The molecule has 9 nitrogen and oxygen atoms in total. The molecule has 12 heteroatoms. The van der Waals surface area contributed by atoms with Crippen molar-refractivity contribution in [2.75, 3.05) is 6.54 Å². The number of alkyl halides is 3. The molecule has 220 valence electrons. The SMILES string of the molecule is CC(C)(C)C[C@H](NC(=O)C[C@H](c1ccccc1)C(F)(F)F)C(=O)NC(C[C@@H]1CCNC1=O)C(=O)C(=O)NC1CC1. The summed E-state index contributed by atoms with van der Waals surface area (Å²) in [6.45, 7) is 5.76. The first-order valence-electron chi connectivity index (χ1n) is 13.5. The van der Waals surface area contributed by atoms with Crippen molar-refractivity contribution in [2.24, 2.45) is 11.3 Å². The molecule has 4 N–H and O–H groups in total. The van der Waals surface area contributed by atoms with Gasteiger partial charge in [0.2, 0.25) is 23.5 Å². The van der Waals surface area contributed by atoms with Crippen LogP contribution in [0.25, 0.3) is 0 Å². The molecule has 1 aromatic carbocycles. The van der Waals surface area contributed by atoms with Crippen molar-refractivity contribution in [3.8, 4) is 0 Å². The van der Waals surface area contributed by atoms with Crippen molar-refractivity contribution in [3.63, 3.8) is 0 Å². The normalized spacial score (nSPS) is 19.6. The van der Waals surface area contributed by atoms with E-state index in [4.69, 9.17) is 0 Å². The van der Waals surface area contributed by atoms with Gasteiger partial charge in [-0.1, -0.05) is 51.1 Å². The number of carbonyl (C=O) groups excluding carboxylic acids is 5. The molecular weight excluding hydrogens is 529 g/mol. The third-order valence-electron chi connectivity index (χ3n) is 6.91. The fraction of sp³-hybridized carbons (Fsp3) is 0.607. The average Bonchev–Trinajstić information content (AvgIpc) is 3.59. The zero-order valence-corrected chi connectivity index (χ0v) is 22.9. The van der Waals surface area contributed by atoms with Crippen LogP contribution in [-0.2, 0) is 24.0 Å². The summed E-state index contributed by atoms with van der Waals surface area (Å²) in [5.41, 5.74) is -0.615. The molecule has 1 unspecified atom stereocenters. The van der Waals surface area contributed by atoms with E-state index < -0.39 is 65.4 Å². The zero-order valence-electron chi connectivity index (χ0n) is 22.9. The average molecular weight is 567 g/mol. The molecule has 1 saturated heterocycles. The van der Waals surface area contributed by atoms with E-state index in [1.807, 2.05) is 0 Å². The second-order valence-electron chi connectivity index (χ2n) is 11.8. The van der Waals surface area contributed by atoms with Crippen LogP contribution in [-0.4, -0.2) is 60.3 Å². The van der Waals surface area contributed by atoms with Crippen LogP contribution < -0.4 is 21.3 Å². The number of ketones is 1. The highest BCUT2D eigenvalue weighted by atomic mass is 19.4. The van der Waals surface area contributed by atoms with Gasteiger partial charge in [-0.3, -0.25) is 24.0 Å². The Morgan fingerprint density at radius 1 is 0.975 bits per heavy atom. The fourth-order valence-corrected chi connectivity index (χ4v) is 4.67. The standard InChI is InChI=1S/C28H37F3N4O5/c1-27(2,3)15-21(34-22(36)14-19(28(29,30)31)16-7-5-4-6-8-16)25(39)35-20(13-17-11-12-32-24(17)38)23(37)26(40)33-18-9-10-18/h4-8,17-21H,9-15H2,1-3H3,(H,32,38)(H,33,40)(H,34,36)(H,35,39)/t17-,19+,20?,21-/m0/s1. The van der Waals surface area contributed by atoms with E-state index in [0.29, 0.717) is 13.0 Å². The molecule has 0 radical (unpaired) electrons. The molecule has 1 saturated carbocycles. The predicted octanol–water partition coefficient (Wildman–Crippen LogP) is 2.50. The third-order valence-corrected chi connectivity index (χ3v) is 6.91. The zero-order chi connectivity index (χ0) is 29.7. The maximum absolute atomic E-state index is 13.8. The molecule has 2 aliphatic rings. The van der Waals surface area contributed by atoms with Crippen molar-refractivity contribution in [1.82, 2.24) is 21.3 Å². The van der Waals surface area contributed by atoms with Crippen LogP contribution in [0.2, 0.25) is 0 Å². The van der Waals surface area contributed by atoms with Gasteiger partial charge in [0.15, 0.2) is 0 Å². The van der Waals surface area contributed by atoms with Gasteiger partial charge >= 0.3 is 6.18 Å². The molecule has 1 aliphatic heterocycles. The van der Waals surface area contributed by atoms with Crippen LogP contribution in [0.3, 0.4) is 0 Å². The van der Waals surface area contributed by atoms with E-state index >= 15 is 0 Å². The van der Waals surface area contributed by atoms with Gasteiger partial charge < -0.3 is 21.3 Å². The molecule has 0 bridgehead atoms. The van der Waals surface area contributed by atoms with Crippen molar-refractivity contribution in [1.29, 1.82) is 0 Å². The summed E-state index contributed by atoms with van der Waals surface area (Å²) in [5, 5.41) is 10.2. The molecule has 1 aliphatic carbocycles. The Morgan fingerprint density at radius 3 is 2.15 bits per heavy atom. The minimum atomic E-state index is -4.70. The second kappa shape index (κ2) is 12.8. The molecule has 4 atom stereocenters. The Balaban J connectivity index is 1.77. The smallest absolute Gasteiger partial charge is 0.356 e. The van der Waals surface area contributed by atoms with Gasteiger partial charge in [0, 0.05) is 24.9 Å². The number of benzene rings is 1.